The van der Waals surface area contributed by atoms with Gasteiger partial charge in [0.25, 0.3) is 0 Å². The van der Waals surface area contributed by atoms with Crippen molar-refractivity contribution in [1.29, 1.82) is 0 Å². The first-order valence-corrected chi connectivity index (χ1v) is 5.37. The van der Waals surface area contributed by atoms with Gasteiger partial charge in [0.05, 0.1) is 11.8 Å². The second-order valence-electron chi connectivity index (χ2n) is 4.03. The zero-order chi connectivity index (χ0) is 11.8. The molecule has 2 heterocycles. The minimum Gasteiger partial charge on any atom is -0.427 e. The van der Waals surface area contributed by atoms with Crippen molar-refractivity contribution in [2.45, 2.75) is 13.5 Å². The Morgan fingerprint density at radius 1 is 1.26 bits per heavy atom. The average Bonchev–Trinajstić information content (AvgIpc) is 2.89. The number of aromatic nitrogens is 4. The van der Waals surface area contributed by atoms with Crippen molar-refractivity contribution in [2.75, 3.05) is 0 Å². The second kappa shape index (κ2) is 5.95. The van der Waals surface area contributed by atoms with E-state index in [0.29, 0.717) is 5.82 Å². The number of nitrogens with zero attached hydrogens (tertiary/aromatic N) is 4. The highest BCUT2D eigenvalue weighted by Gasteiger charge is 2.06. The van der Waals surface area contributed by atoms with E-state index in [1.54, 1.807) is 19.4 Å². The zero-order valence-electron chi connectivity index (χ0n) is 10.2. The van der Waals surface area contributed by atoms with Gasteiger partial charge in [-0.05, 0) is 24.6 Å². The predicted octanol–water partition coefficient (Wildman–Crippen LogP) is 2.67. The van der Waals surface area contributed by atoms with E-state index in [2.05, 4.69) is 9.97 Å². The average molecular weight is 301 g/mol. The molecule has 0 saturated carbocycles. The molecule has 3 rings (SSSR count). The van der Waals surface area contributed by atoms with Gasteiger partial charge < -0.3 is 9.77 Å². The predicted molar refractivity (Wildman–Crippen MR) is 77.5 cm³/mol. The molecule has 7 heteroatoms. The topological polar surface area (TPSA) is 55.9 Å². The van der Waals surface area contributed by atoms with Crippen LogP contribution in [0.1, 0.15) is 11.4 Å². The first kappa shape index (κ1) is 15.3. The molecule has 19 heavy (non-hydrogen) atoms. The highest BCUT2D eigenvalue weighted by Crippen LogP contribution is 2.16. The summed E-state index contributed by atoms with van der Waals surface area (Å²) in [6.45, 7) is 2.53. The second-order valence-corrected chi connectivity index (χ2v) is 4.03. The number of fused-ring (bicyclic) bond motifs is 1. The molecule has 5 nitrogen and oxygen atoms in total. The number of halogens is 2. The third-order valence-corrected chi connectivity index (χ3v) is 2.78. The summed E-state index contributed by atoms with van der Waals surface area (Å²) in [6, 6.07) is 5.84. The van der Waals surface area contributed by atoms with E-state index in [0.717, 1.165) is 27.9 Å². The number of aryl methyl sites for hydroxylation is 1. The van der Waals surface area contributed by atoms with Gasteiger partial charge >= 0.3 is 0 Å². The molecule has 0 aliphatic carbocycles. The van der Waals surface area contributed by atoms with E-state index in [1.807, 2.05) is 29.0 Å². The van der Waals surface area contributed by atoms with Crippen molar-refractivity contribution < 1.29 is 5.21 Å². The Morgan fingerprint density at radius 2 is 2.05 bits per heavy atom. The van der Waals surface area contributed by atoms with Gasteiger partial charge in [-0.25, -0.2) is 9.97 Å². The van der Waals surface area contributed by atoms with Crippen LogP contribution in [-0.4, -0.2) is 24.5 Å². The molecular weight excluding hydrogens is 287 g/mol. The van der Waals surface area contributed by atoms with Crippen molar-refractivity contribution in [3.05, 3.63) is 48.3 Å². The number of rotatable bonds is 2. The van der Waals surface area contributed by atoms with Crippen LogP contribution >= 0.6 is 24.8 Å². The Hall–Kier alpha value is -1.72. The molecule has 2 aromatic heterocycles. The Labute approximate surface area is 122 Å². The summed E-state index contributed by atoms with van der Waals surface area (Å²) in [5.41, 5.74) is 2.67. The van der Waals surface area contributed by atoms with Crippen LogP contribution in [0.15, 0.2) is 36.9 Å². The molecule has 0 unspecified atom stereocenters. The van der Waals surface area contributed by atoms with Crippen LogP contribution in [0.25, 0.3) is 11.0 Å². The standard InChI is InChI=1S/C12H12N4O.2ClH/c1-9-14-11-6-10(2-3-12(11)16(9)17)7-15-5-4-13-8-15;;/h2-6,8,17H,7H2,1H3;2*1H. The van der Waals surface area contributed by atoms with E-state index in [4.69, 9.17) is 0 Å². The lowest BCUT2D eigenvalue weighted by molar-refractivity contribution is 0.191. The normalized spacial score (nSPS) is 9.95. The molecule has 0 radical (unpaired) electrons. The molecule has 3 aromatic rings. The van der Waals surface area contributed by atoms with E-state index in [1.165, 1.54) is 0 Å². The molecule has 0 aliphatic heterocycles. The van der Waals surface area contributed by atoms with Crippen LogP contribution in [0.2, 0.25) is 0 Å². The highest BCUT2D eigenvalue weighted by molar-refractivity contribution is 5.85. The molecule has 0 bridgehead atoms. The van der Waals surface area contributed by atoms with Crippen LogP contribution in [0, 0.1) is 6.92 Å². The summed E-state index contributed by atoms with van der Waals surface area (Å²) in [6.07, 6.45) is 5.45. The van der Waals surface area contributed by atoms with Gasteiger partial charge in [0.1, 0.15) is 11.3 Å². The molecule has 0 saturated heterocycles. The molecular formula is C12H14Cl2N4O. The Kier molecular flexibility index (Phi) is 4.80. The van der Waals surface area contributed by atoms with E-state index in [9.17, 15) is 5.21 Å². The lowest BCUT2D eigenvalue weighted by Crippen LogP contribution is -1.96. The zero-order valence-corrected chi connectivity index (χ0v) is 11.9. The molecule has 0 amide bonds. The SMILES string of the molecule is Cc1nc2cc(Cn3ccnc3)ccc2n1O.Cl.Cl. The Balaban J connectivity index is 0.000000902. The van der Waals surface area contributed by atoms with Gasteiger partial charge in [0.15, 0.2) is 0 Å². The minimum atomic E-state index is 0. The monoisotopic (exact) mass is 300 g/mol. The summed E-state index contributed by atoms with van der Waals surface area (Å²) in [4.78, 5) is 8.29. The Morgan fingerprint density at radius 3 is 2.74 bits per heavy atom. The molecule has 0 fully saturated rings. The van der Waals surface area contributed by atoms with Crippen LogP contribution in [-0.2, 0) is 6.54 Å². The van der Waals surface area contributed by atoms with Crippen LogP contribution in [0.3, 0.4) is 0 Å². The van der Waals surface area contributed by atoms with Crippen molar-refractivity contribution in [2.24, 2.45) is 0 Å². The fourth-order valence-electron chi connectivity index (χ4n) is 1.92. The van der Waals surface area contributed by atoms with Crippen molar-refractivity contribution >= 4 is 35.8 Å². The van der Waals surface area contributed by atoms with Crippen LogP contribution in [0.4, 0.5) is 0 Å². The van der Waals surface area contributed by atoms with Gasteiger partial charge in [0, 0.05) is 18.9 Å². The smallest absolute Gasteiger partial charge is 0.142 e. The third-order valence-electron chi connectivity index (χ3n) is 2.78. The van der Waals surface area contributed by atoms with E-state index in [-0.39, 0.29) is 24.8 Å². The maximum Gasteiger partial charge on any atom is 0.142 e. The molecule has 1 aromatic carbocycles. The van der Waals surface area contributed by atoms with Gasteiger partial charge in [-0.1, -0.05) is 6.07 Å². The lowest BCUT2D eigenvalue weighted by Gasteiger charge is -2.02. The largest absolute Gasteiger partial charge is 0.427 e. The fraction of sp³-hybridized carbons (Fsp3) is 0.167. The first-order chi connectivity index (χ1) is 8.24. The number of hydrogen-bond donors (Lipinski definition) is 1. The maximum atomic E-state index is 9.68. The maximum absolute atomic E-state index is 9.68. The van der Waals surface area contributed by atoms with Crippen molar-refractivity contribution in [3.63, 3.8) is 0 Å². The van der Waals surface area contributed by atoms with Gasteiger partial charge in [0.2, 0.25) is 0 Å². The molecule has 1 N–H and O–H groups in total. The summed E-state index contributed by atoms with van der Waals surface area (Å²) >= 11 is 0. The van der Waals surface area contributed by atoms with Crippen molar-refractivity contribution in [1.82, 2.24) is 19.3 Å². The summed E-state index contributed by atoms with van der Waals surface area (Å²) in [5, 5.41) is 9.68. The fourth-order valence-corrected chi connectivity index (χ4v) is 1.92. The quantitative estimate of drug-likeness (QED) is 0.740. The molecule has 0 atom stereocenters. The Bertz CT molecular complexity index is 664. The summed E-state index contributed by atoms with van der Waals surface area (Å²) in [5.74, 6) is 0.597. The summed E-state index contributed by atoms with van der Waals surface area (Å²) in [7, 11) is 0. The molecule has 102 valence electrons. The number of benzene rings is 1. The first-order valence-electron chi connectivity index (χ1n) is 5.37. The third kappa shape index (κ3) is 2.83. The molecule has 0 spiro atoms. The number of hydrogen-bond acceptors (Lipinski definition) is 3. The minimum absolute atomic E-state index is 0. The lowest BCUT2D eigenvalue weighted by atomic mass is 10.2. The highest BCUT2D eigenvalue weighted by atomic mass is 35.5. The van der Waals surface area contributed by atoms with Crippen LogP contribution in [0.5, 0.6) is 0 Å². The van der Waals surface area contributed by atoms with E-state index >= 15 is 0 Å². The van der Waals surface area contributed by atoms with Gasteiger partial charge in [-0.15, -0.1) is 24.8 Å². The molecule has 0 aliphatic rings. The summed E-state index contributed by atoms with van der Waals surface area (Å²) < 4.78 is 3.10. The van der Waals surface area contributed by atoms with Gasteiger partial charge in [-0.2, -0.15) is 4.73 Å². The van der Waals surface area contributed by atoms with E-state index < -0.39 is 0 Å². The number of imidazole rings is 2. The van der Waals surface area contributed by atoms with Crippen molar-refractivity contribution in [3.8, 4) is 0 Å². The van der Waals surface area contributed by atoms with Crippen LogP contribution < -0.4 is 0 Å². The van der Waals surface area contributed by atoms with Gasteiger partial charge in [-0.3, -0.25) is 0 Å².